The Morgan fingerprint density at radius 3 is 2.30 bits per heavy atom. The second kappa shape index (κ2) is 11.6. The van der Waals surface area contributed by atoms with Crippen LogP contribution >= 0.6 is 0 Å². The van der Waals surface area contributed by atoms with E-state index < -0.39 is 0 Å². The van der Waals surface area contributed by atoms with E-state index >= 15 is 0 Å². The van der Waals surface area contributed by atoms with Crippen LogP contribution in [0, 0.1) is 40.4 Å². The number of allylic oxidation sites excluding steroid dienone is 6. The summed E-state index contributed by atoms with van der Waals surface area (Å²) in [4.78, 5) is 14.9. The van der Waals surface area contributed by atoms with E-state index in [4.69, 9.17) is 15.0 Å². The lowest BCUT2D eigenvalue weighted by atomic mass is 9.51. The number of hydrogen-bond donors (Lipinski definition) is 0. The maximum Gasteiger partial charge on any atom is 0.165 e. The van der Waals surface area contributed by atoms with Gasteiger partial charge in [-0.15, -0.1) is 0 Å². The summed E-state index contributed by atoms with van der Waals surface area (Å²) in [6.45, 7) is 4.89. The van der Waals surface area contributed by atoms with Gasteiger partial charge in [0, 0.05) is 22.6 Å². The highest BCUT2D eigenvalue weighted by Gasteiger charge is 2.48. The van der Waals surface area contributed by atoms with Gasteiger partial charge in [0.1, 0.15) is 0 Å². The zero-order valence-corrected chi connectivity index (χ0v) is 26.8. The normalized spacial score (nSPS) is 26.5. The smallest absolute Gasteiger partial charge is 0.165 e. The highest BCUT2D eigenvalue weighted by atomic mass is 15.0. The highest BCUT2D eigenvalue weighted by Crippen LogP contribution is 2.61. The summed E-state index contributed by atoms with van der Waals surface area (Å²) in [5.74, 6) is 4.60. The van der Waals surface area contributed by atoms with Crippen LogP contribution in [0.25, 0.3) is 39.5 Å². The fourth-order valence-corrected chi connectivity index (χ4v) is 9.28. The van der Waals surface area contributed by atoms with Gasteiger partial charge in [-0.2, -0.15) is 5.26 Å². The SMILES string of the molecule is CC[C@@H]1C[C@@H]2C[C@H](C)CC(C3=CC4CC=C(c5nc(-c6ccccc6)nc(-c6ccccc6C#N)n5)C=C4c4ccccc43)(C1)C2. The van der Waals surface area contributed by atoms with E-state index in [0.717, 1.165) is 40.9 Å². The Morgan fingerprint density at radius 2 is 1.50 bits per heavy atom. The van der Waals surface area contributed by atoms with Crippen molar-refractivity contribution in [1.82, 2.24) is 15.0 Å². The maximum absolute atomic E-state index is 9.87. The van der Waals surface area contributed by atoms with Crippen LogP contribution in [0.15, 0.2) is 97.1 Å². The van der Waals surface area contributed by atoms with Crippen molar-refractivity contribution in [1.29, 1.82) is 5.26 Å². The number of hydrogen-bond acceptors (Lipinski definition) is 4. The molecule has 0 amide bonds. The Bertz CT molecular complexity index is 1940. The summed E-state index contributed by atoms with van der Waals surface area (Å²) in [5, 5.41) is 9.87. The van der Waals surface area contributed by atoms with Crippen molar-refractivity contribution < 1.29 is 0 Å². The molecular weight excluding hydrogens is 560 g/mol. The van der Waals surface area contributed by atoms with E-state index in [1.165, 1.54) is 55.2 Å². The monoisotopic (exact) mass is 600 g/mol. The van der Waals surface area contributed by atoms with Gasteiger partial charge in [0.05, 0.1) is 11.6 Å². The molecule has 3 aromatic carbocycles. The third kappa shape index (κ3) is 5.03. The Hall–Kier alpha value is -4.62. The number of fused-ring (bicyclic) bond motifs is 5. The van der Waals surface area contributed by atoms with Crippen molar-refractivity contribution in [2.24, 2.45) is 29.1 Å². The second-order valence-electron chi connectivity index (χ2n) is 14.2. The molecule has 0 radical (unpaired) electrons. The van der Waals surface area contributed by atoms with Gasteiger partial charge in [-0.05, 0) is 102 Å². The largest absolute Gasteiger partial charge is 0.208 e. The molecule has 4 aromatic rings. The minimum Gasteiger partial charge on any atom is -0.208 e. The molecule has 5 atom stereocenters. The van der Waals surface area contributed by atoms with Gasteiger partial charge in [0.2, 0.25) is 0 Å². The summed E-state index contributed by atoms with van der Waals surface area (Å²) < 4.78 is 0. The molecule has 4 heteroatoms. The van der Waals surface area contributed by atoms with Crippen LogP contribution in [0.4, 0.5) is 0 Å². The van der Waals surface area contributed by atoms with Crippen molar-refractivity contribution in [3.05, 3.63) is 120 Å². The maximum atomic E-state index is 9.87. The molecule has 2 fully saturated rings. The molecule has 0 N–H and O–H groups in total. The minimum atomic E-state index is 0.286. The van der Waals surface area contributed by atoms with Gasteiger partial charge in [-0.3, -0.25) is 0 Å². The van der Waals surface area contributed by atoms with Crippen molar-refractivity contribution in [2.75, 3.05) is 0 Å². The van der Waals surface area contributed by atoms with E-state index in [1.807, 2.05) is 54.6 Å². The van der Waals surface area contributed by atoms with E-state index in [-0.39, 0.29) is 5.41 Å². The standard InChI is InChI=1S/C42H40N4/c1-3-28-20-29-19-27(2)23-42(24-28,25-29)38-22-31-17-18-32(21-37(31)35-15-9-10-16-36(35)38)40-44-39(30-11-5-4-6-12-30)45-41(46-40)34-14-8-7-13-33(34)26-43/h4-16,18,21-22,27-29,31H,3,17,19-20,23-25H2,1-2H3/t27-,28+,29-,31?,42?/m0/s1. The first-order chi connectivity index (χ1) is 22.5. The first kappa shape index (κ1) is 28.8. The van der Waals surface area contributed by atoms with Crippen molar-refractivity contribution in [3.63, 3.8) is 0 Å². The molecule has 8 rings (SSSR count). The number of rotatable bonds is 5. The molecule has 0 aliphatic heterocycles. The molecular formula is C42H40N4. The molecule has 228 valence electrons. The van der Waals surface area contributed by atoms with Crippen LogP contribution in [-0.2, 0) is 0 Å². The van der Waals surface area contributed by atoms with Gasteiger partial charge in [0.25, 0.3) is 0 Å². The average molecular weight is 601 g/mol. The van der Waals surface area contributed by atoms with Gasteiger partial charge in [-0.1, -0.05) is 99.2 Å². The van der Waals surface area contributed by atoms with Crippen LogP contribution in [0.1, 0.15) is 81.3 Å². The van der Waals surface area contributed by atoms with Gasteiger partial charge in [-0.25, -0.2) is 15.0 Å². The van der Waals surface area contributed by atoms with Crippen molar-refractivity contribution in [3.8, 4) is 28.8 Å². The quantitative estimate of drug-likeness (QED) is 0.229. The predicted octanol–water partition coefficient (Wildman–Crippen LogP) is 10.2. The zero-order chi connectivity index (χ0) is 31.3. The first-order valence-corrected chi connectivity index (χ1v) is 17.1. The second-order valence-corrected chi connectivity index (χ2v) is 14.2. The molecule has 0 saturated heterocycles. The molecule has 1 heterocycles. The number of benzene rings is 3. The zero-order valence-electron chi connectivity index (χ0n) is 26.8. The van der Waals surface area contributed by atoms with Gasteiger partial charge >= 0.3 is 0 Å². The number of aromatic nitrogens is 3. The van der Waals surface area contributed by atoms with Crippen molar-refractivity contribution in [2.45, 2.75) is 58.8 Å². The van der Waals surface area contributed by atoms with E-state index in [2.05, 4.69) is 62.4 Å². The molecule has 4 aliphatic rings. The molecule has 1 aromatic heterocycles. The fraction of sp³-hybridized carbons (Fsp3) is 0.333. The third-order valence-electron chi connectivity index (χ3n) is 11.1. The van der Waals surface area contributed by atoms with Crippen LogP contribution in [-0.4, -0.2) is 15.0 Å². The summed E-state index contributed by atoms with van der Waals surface area (Å²) in [7, 11) is 0. The Labute approximate surface area is 272 Å². The van der Waals surface area contributed by atoms with Crippen LogP contribution in [0.2, 0.25) is 0 Å². The molecule has 4 nitrogen and oxygen atoms in total. The lowest BCUT2D eigenvalue weighted by Gasteiger charge is -2.53. The Morgan fingerprint density at radius 1 is 0.783 bits per heavy atom. The molecule has 4 aliphatic carbocycles. The lowest BCUT2D eigenvalue weighted by Crippen LogP contribution is -2.41. The first-order valence-electron chi connectivity index (χ1n) is 17.1. The minimum absolute atomic E-state index is 0.286. The van der Waals surface area contributed by atoms with Crippen molar-refractivity contribution >= 4 is 16.7 Å². The summed E-state index contributed by atoms with van der Waals surface area (Å²) in [6.07, 6.45) is 16.3. The molecule has 46 heavy (non-hydrogen) atoms. The van der Waals surface area contributed by atoms with Gasteiger partial charge < -0.3 is 0 Å². The number of nitrogens with zero attached hydrogens (tertiary/aromatic N) is 4. The average Bonchev–Trinajstić information content (AvgIpc) is 3.10. The third-order valence-corrected chi connectivity index (χ3v) is 11.1. The topological polar surface area (TPSA) is 62.5 Å². The summed E-state index contributed by atoms with van der Waals surface area (Å²) in [5.41, 5.74) is 9.29. The van der Waals surface area contributed by atoms with E-state index in [0.29, 0.717) is 29.0 Å². The van der Waals surface area contributed by atoms with E-state index in [9.17, 15) is 5.26 Å². The Balaban J connectivity index is 1.23. The molecule has 2 saturated carbocycles. The summed E-state index contributed by atoms with van der Waals surface area (Å²) in [6, 6.07) is 29.1. The fourth-order valence-electron chi connectivity index (χ4n) is 9.28. The highest BCUT2D eigenvalue weighted by molar-refractivity contribution is 5.94. The van der Waals surface area contributed by atoms with Crippen LogP contribution in [0.5, 0.6) is 0 Å². The predicted molar refractivity (Wildman–Crippen MR) is 186 cm³/mol. The molecule has 2 bridgehead atoms. The molecule has 2 unspecified atom stereocenters. The summed E-state index contributed by atoms with van der Waals surface area (Å²) >= 11 is 0. The van der Waals surface area contributed by atoms with Crippen LogP contribution < -0.4 is 0 Å². The van der Waals surface area contributed by atoms with Crippen LogP contribution in [0.3, 0.4) is 0 Å². The molecule has 0 spiro atoms. The Kier molecular flexibility index (Phi) is 7.29. The van der Waals surface area contributed by atoms with Gasteiger partial charge in [0.15, 0.2) is 17.5 Å². The lowest BCUT2D eigenvalue weighted by molar-refractivity contribution is 0.0554. The number of nitriles is 1. The van der Waals surface area contributed by atoms with E-state index in [1.54, 1.807) is 5.57 Å².